The minimum Gasteiger partial charge on any atom is -0.227 e. The highest BCUT2D eigenvalue weighted by Gasteiger charge is 2.17. The highest BCUT2D eigenvalue weighted by atomic mass is 16.5. The second-order valence-electron chi connectivity index (χ2n) is 2.74. The molecule has 10 heavy (non-hydrogen) atoms. The molecule has 0 aliphatic rings. The topological polar surface area (TPSA) is 49.2 Å². The van der Waals surface area contributed by atoms with Crippen molar-refractivity contribution in [2.24, 2.45) is 4.99 Å². The fourth-order valence-electron chi connectivity index (χ4n) is 0.529. The maximum absolute atomic E-state index is 8.67. The summed E-state index contributed by atoms with van der Waals surface area (Å²) in [4.78, 5) is 4.14. The lowest BCUT2D eigenvalue weighted by Gasteiger charge is -2.12. The fourth-order valence-corrected chi connectivity index (χ4v) is 0.529. The van der Waals surface area contributed by atoms with E-state index in [0.29, 0.717) is 0 Å². The van der Waals surface area contributed by atoms with Crippen LogP contribution in [0.4, 0.5) is 0 Å². The summed E-state index contributed by atoms with van der Waals surface area (Å²) in [6, 6.07) is 0. The molecule has 0 atom stereocenters. The van der Waals surface area contributed by atoms with Gasteiger partial charge in [0.15, 0.2) is 0 Å². The summed E-state index contributed by atoms with van der Waals surface area (Å²) in [6.07, 6.45) is 1.66. The summed E-state index contributed by atoms with van der Waals surface area (Å²) in [5.41, 5.74) is 1.41. The van der Waals surface area contributed by atoms with Crippen LogP contribution in [0.2, 0.25) is 0 Å². The molecule has 0 spiro atoms. The maximum atomic E-state index is 8.67. The van der Waals surface area contributed by atoms with E-state index in [4.69, 9.17) is 5.21 Å². The van der Waals surface area contributed by atoms with Gasteiger partial charge in [-0.3, -0.25) is 0 Å². The van der Waals surface area contributed by atoms with Crippen LogP contribution < -0.4 is 5.48 Å². The first kappa shape index (κ1) is 9.33. The zero-order valence-electron chi connectivity index (χ0n) is 6.76. The predicted molar refractivity (Wildman–Crippen MR) is 41.1 cm³/mol. The van der Waals surface area contributed by atoms with Gasteiger partial charge in [-0.05, 0) is 13.0 Å². The Kier molecular flexibility index (Phi) is 3.25. The third-order valence-electron chi connectivity index (χ3n) is 1.08. The van der Waals surface area contributed by atoms with E-state index in [-0.39, 0.29) is 0 Å². The zero-order chi connectivity index (χ0) is 8.20. The van der Waals surface area contributed by atoms with Gasteiger partial charge in [0, 0.05) is 19.6 Å². The SMILES string of the molecule is C=C/C(C)=N\C(C)(C)[NH2+]O. The van der Waals surface area contributed by atoms with E-state index in [2.05, 4.69) is 11.6 Å². The molecule has 3 N–H and O–H groups in total. The zero-order valence-corrected chi connectivity index (χ0v) is 6.76. The van der Waals surface area contributed by atoms with Crippen molar-refractivity contribution in [3.05, 3.63) is 12.7 Å². The van der Waals surface area contributed by atoms with Gasteiger partial charge in [-0.15, -0.1) is 0 Å². The Morgan fingerprint density at radius 2 is 2.20 bits per heavy atom. The van der Waals surface area contributed by atoms with Crippen molar-refractivity contribution in [1.82, 2.24) is 0 Å². The van der Waals surface area contributed by atoms with Gasteiger partial charge in [-0.25, -0.2) is 10.2 Å². The number of hydrogen-bond acceptors (Lipinski definition) is 2. The molecule has 0 radical (unpaired) electrons. The number of hydrogen-bond donors (Lipinski definition) is 2. The summed E-state index contributed by atoms with van der Waals surface area (Å²) >= 11 is 0. The first-order valence-electron chi connectivity index (χ1n) is 3.19. The van der Waals surface area contributed by atoms with Crippen LogP contribution >= 0.6 is 0 Å². The van der Waals surface area contributed by atoms with E-state index in [1.165, 1.54) is 0 Å². The Bertz CT molecular complexity index is 150. The number of nitrogens with zero attached hydrogens (tertiary/aromatic N) is 1. The lowest BCUT2D eigenvalue weighted by Crippen LogP contribution is -2.92. The molecule has 0 aliphatic carbocycles. The number of quaternary nitrogens is 1. The monoisotopic (exact) mass is 143 g/mol. The molecular formula is C7H15N2O+. The Labute approximate surface area is 61.4 Å². The summed E-state index contributed by atoms with van der Waals surface area (Å²) in [6.45, 7) is 9.04. The fraction of sp³-hybridized carbons (Fsp3) is 0.571. The highest BCUT2D eigenvalue weighted by molar-refractivity contribution is 5.92. The molecule has 0 unspecified atom stereocenters. The van der Waals surface area contributed by atoms with Crippen molar-refractivity contribution >= 4 is 5.71 Å². The second kappa shape index (κ2) is 3.49. The molecule has 58 valence electrons. The van der Waals surface area contributed by atoms with Crippen molar-refractivity contribution in [1.29, 1.82) is 0 Å². The standard InChI is InChI=1S/C7H14N2O/c1-5-6(2)8-7(3,4)9-10/h5,9-10H,1H2,2-4H3/p+1/b8-6-. The quantitative estimate of drug-likeness (QED) is 0.434. The number of hydroxylamine groups is 1. The first-order valence-corrected chi connectivity index (χ1v) is 3.19. The van der Waals surface area contributed by atoms with Crippen molar-refractivity contribution in [2.45, 2.75) is 26.4 Å². The lowest BCUT2D eigenvalue weighted by atomic mass is 10.2. The van der Waals surface area contributed by atoms with E-state index in [9.17, 15) is 0 Å². The molecular weight excluding hydrogens is 128 g/mol. The molecule has 3 heteroatoms. The molecule has 0 fully saturated rings. The smallest absolute Gasteiger partial charge is 0.212 e. The Morgan fingerprint density at radius 1 is 1.70 bits per heavy atom. The van der Waals surface area contributed by atoms with Gasteiger partial charge in [0.25, 0.3) is 0 Å². The maximum Gasteiger partial charge on any atom is 0.212 e. The first-order chi connectivity index (χ1) is 4.52. The number of aliphatic imine (C=N–C) groups is 1. The number of nitrogens with two attached hydrogens (primary N) is 1. The van der Waals surface area contributed by atoms with Gasteiger partial charge in [0.1, 0.15) is 0 Å². The van der Waals surface area contributed by atoms with Crippen LogP contribution in [-0.4, -0.2) is 16.6 Å². The second-order valence-corrected chi connectivity index (χ2v) is 2.74. The summed E-state index contributed by atoms with van der Waals surface area (Å²) in [5.74, 6) is 0. The predicted octanol–water partition coefficient (Wildman–Crippen LogP) is 0.322. The van der Waals surface area contributed by atoms with Crippen molar-refractivity contribution in [2.75, 3.05) is 0 Å². The van der Waals surface area contributed by atoms with Crippen LogP contribution in [0, 0.1) is 0 Å². The molecule has 0 bridgehead atoms. The molecule has 0 rings (SSSR count). The molecule has 0 aromatic carbocycles. The molecule has 0 aromatic heterocycles. The van der Waals surface area contributed by atoms with Gasteiger partial charge in [-0.1, -0.05) is 6.58 Å². The summed E-state index contributed by atoms with van der Waals surface area (Å²) in [5, 5.41) is 8.67. The van der Waals surface area contributed by atoms with Gasteiger partial charge >= 0.3 is 0 Å². The van der Waals surface area contributed by atoms with Crippen LogP contribution in [0.3, 0.4) is 0 Å². The third-order valence-corrected chi connectivity index (χ3v) is 1.08. The highest BCUT2D eigenvalue weighted by Crippen LogP contribution is 1.96. The minimum absolute atomic E-state index is 0.488. The molecule has 0 heterocycles. The molecule has 0 saturated carbocycles. The van der Waals surface area contributed by atoms with Crippen LogP contribution in [0.15, 0.2) is 17.6 Å². The number of rotatable bonds is 3. The average molecular weight is 143 g/mol. The number of allylic oxidation sites excluding steroid dienone is 1. The minimum atomic E-state index is -0.488. The molecule has 3 nitrogen and oxygen atoms in total. The van der Waals surface area contributed by atoms with Crippen LogP contribution in [0.1, 0.15) is 20.8 Å². The van der Waals surface area contributed by atoms with E-state index in [1.807, 2.05) is 20.8 Å². The Hall–Kier alpha value is -0.670. The normalized spacial score (nSPS) is 13.4. The van der Waals surface area contributed by atoms with E-state index in [0.717, 1.165) is 11.2 Å². The average Bonchev–Trinajstić information content (AvgIpc) is 1.87. The van der Waals surface area contributed by atoms with E-state index < -0.39 is 5.66 Å². The van der Waals surface area contributed by atoms with Crippen molar-refractivity contribution in [3.8, 4) is 0 Å². The van der Waals surface area contributed by atoms with Gasteiger partial charge in [0.05, 0.1) is 0 Å². The third kappa shape index (κ3) is 3.37. The van der Waals surface area contributed by atoms with Crippen molar-refractivity contribution in [3.63, 3.8) is 0 Å². The summed E-state index contributed by atoms with van der Waals surface area (Å²) < 4.78 is 0. The lowest BCUT2D eigenvalue weighted by molar-refractivity contribution is -0.930. The molecule has 0 aliphatic heterocycles. The molecule has 0 amide bonds. The molecule has 0 saturated heterocycles. The van der Waals surface area contributed by atoms with E-state index >= 15 is 0 Å². The molecule has 0 aromatic rings. The van der Waals surface area contributed by atoms with Crippen molar-refractivity contribution < 1.29 is 10.7 Å². The van der Waals surface area contributed by atoms with Gasteiger partial charge in [-0.2, -0.15) is 5.48 Å². The largest absolute Gasteiger partial charge is 0.227 e. The van der Waals surface area contributed by atoms with E-state index in [1.54, 1.807) is 6.08 Å². The van der Waals surface area contributed by atoms with Gasteiger partial charge < -0.3 is 0 Å². The van der Waals surface area contributed by atoms with Gasteiger partial charge in [0.2, 0.25) is 5.66 Å². The van der Waals surface area contributed by atoms with Crippen LogP contribution in [0.5, 0.6) is 0 Å². The Morgan fingerprint density at radius 3 is 2.50 bits per heavy atom. The summed E-state index contributed by atoms with van der Waals surface area (Å²) in [7, 11) is 0. The van der Waals surface area contributed by atoms with Crippen LogP contribution in [0.25, 0.3) is 0 Å². The Balaban J connectivity index is 4.22. The van der Waals surface area contributed by atoms with Crippen LogP contribution in [-0.2, 0) is 0 Å².